The smallest absolute Gasteiger partial charge is 0.329 e. The summed E-state index contributed by atoms with van der Waals surface area (Å²) in [6.45, 7) is 5.34. The monoisotopic (exact) mass is 639 g/mol. The van der Waals surface area contributed by atoms with E-state index in [1.54, 1.807) is 63.8 Å². The maximum atomic E-state index is 13.8. The number of nitrogens with zero attached hydrogens (tertiary/aromatic N) is 2. The number of sulfone groups is 1. The number of ether oxygens (including phenoxy) is 2. The van der Waals surface area contributed by atoms with Gasteiger partial charge in [-0.15, -0.1) is 0 Å². The zero-order valence-corrected chi connectivity index (χ0v) is 26.2. The number of amides is 1. The van der Waals surface area contributed by atoms with Crippen molar-refractivity contribution in [3.8, 4) is 16.9 Å². The summed E-state index contributed by atoms with van der Waals surface area (Å²) in [4.78, 5) is 30.7. The van der Waals surface area contributed by atoms with Gasteiger partial charge < -0.3 is 19.4 Å². The van der Waals surface area contributed by atoms with Crippen LogP contribution in [0.5, 0.6) is 5.75 Å². The molecule has 1 heterocycles. The second-order valence-electron chi connectivity index (χ2n) is 11.6. The summed E-state index contributed by atoms with van der Waals surface area (Å²) in [6.07, 6.45) is 5.29. The molecule has 2 atom stereocenters. The van der Waals surface area contributed by atoms with E-state index in [4.69, 9.17) is 9.47 Å². The molecule has 12 heteroatoms. The molecule has 0 spiro atoms. The summed E-state index contributed by atoms with van der Waals surface area (Å²) < 4.78 is 64.9. The Labute approximate surface area is 261 Å². The molecule has 4 aromatic rings. The van der Waals surface area contributed by atoms with E-state index < -0.39 is 51.1 Å². The molecule has 0 aliphatic rings. The summed E-state index contributed by atoms with van der Waals surface area (Å²) in [7, 11) is -3.45. The number of rotatable bonds is 12. The summed E-state index contributed by atoms with van der Waals surface area (Å²) in [5.74, 6) is -2.30. The molecule has 3 aromatic carbocycles. The number of carbonyl (C=O) groups is 2. The van der Waals surface area contributed by atoms with Crippen LogP contribution in [-0.4, -0.2) is 53.5 Å². The average Bonchev–Trinajstić information content (AvgIpc) is 3.47. The van der Waals surface area contributed by atoms with Crippen LogP contribution < -0.4 is 10.1 Å². The number of nitrogens with one attached hydrogen (secondary N) is 1. The molecule has 0 aliphatic carbocycles. The highest BCUT2D eigenvalue weighted by molar-refractivity contribution is 7.90. The first-order chi connectivity index (χ1) is 21.2. The molecule has 0 radical (unpaired) electrons. The van der Waals surface area contributed by atoms with Gasteiger partial charge in [0.1, 0.15) is 45.0 Å². The Morgan fingerprint density at radius 2 is 1.62 bits per heavy atom. The maximum absolute atomic E-state index is 13.8. The predicted molar refractivity (Wildman–Crippen MR) is 165 cm³/mol. The van der Waals surface area contributed by atoms with Crippen molar-refractivity contribution in [1.29, 1.82) is 0 Å². The fraction of sp³-hybridized carbons (Fsp3) is 0.303. The van der Waals surface area contributed by atoms with Gasteiger partial charge in [-0.2, -0.15) is 0 Å². The number of imidazole rings is 1. The SMILES string of the molecule is CC(C)(C)OC(=O)[C@H](CCS(C)(=O)=O)NC(=O)c1ccc(OC(Cn2ccnc2)c2ccc(F)cc2)cc1-c1ccc(F)cc1. The Morgan fingerprint density at radius 3 is 2.20 bits per heavy atom. The van der Waals surface area contributed by atoms with Crippen molar-refractivity contribution in [2.45, 2.75) is 51.5 Å². The number of hydrogen-bond donors (Lipinski definition) is 1. The van der Waals surface area contributed by atoms with Crippen molar-refractivity contribution < 1.29 is 36.3 Å². The zero-order valence-electron chi connectivity index (χ0n) is 25.4. The number of halogens is 2. The average molecular weight is 640 g/mol. The van der Waals surface area contributed by atoms with Gasteiger partial charge in [-0.3, -0.25) is 4.79 Å². The lowest BCUT2D eigenvalue weighted by molar-refractivity contribution is -0.157. The number of esters is 1. The third-order valence-electron chi connectivity index (χ3n) is 6.62. The van der Waals surface area contributed by atoms with E-state index in [-0.39, 0.29) is 17.7 Å². The van der Waals surface area contributed by atoms with Gasteiger partial charge in [-0.05, 0) is 86.3 Å². The van der Waals surface area contributed by atoms with Gasteiger partial charge in [-0.25, -0.2) is 27.0 Å². The van der Waals surface area contributed by atoms with E-state index in [0.29, 0.717) is 29.0 Å². The van der Waals surface area contributed by atoms with Gasteiger partial charge in [0.2, 0.25) is 0 Å². The van der Waals surface area contributed by atoms with E-state index in [0.717, 1.165) is 6.26 Å². The van der Waals surface area contributed by atoms with E-state index in [1.807, 2.05) is 4.57 Å². The maximum Gasteiger partial charge on any atom is 0.329 e. The molecule has 1 amide bonds. The summed E-state index contributed by atoms with van der Waals surface area (Å²) in [5, 5.41) is 2.63. The lowest BCUT2D eigenvalue weighted by Gasteiger charge is -2.25. The van der Waals surface area contributed by atoms with Gasteiger partial charge >= 0.3 is 5.97 Å². The van der Waals surface area contributed by atoms with Gasteiger partial charge in [0.25, 0.3) is 5.91 Å². The molecule has 9 nitrogen and oxygen atoms in total. The van der Waals surface area contributed by atoms with Crippen LogP contribution in [0.15, 0.2) is 85.5 Å². The third-order valence-corrected chi connectivity index (χ3v) is 7.60. The summed E-state index contributed by atoms with van der Waals surface area (Å²) in [6, 6.07) is 14.9. The summed E-state index contributed by atoms with van der Waals surface area (Å²) >= 11 is 0. The van der Waals surface area contributed by atoms with E-state index >= 15 is 0 Å². The number of aromatic nitrogens is 2. The fourth-order valence-corrected chi connectivity index (χ4v) is 5.16. The van der Waals surface area contributed by atoms with Crippen molar-refractivity contribution in [1.82, 2.24) is 14.9 Å². The number of benzene rings is 3. The molecule has 1 N–H and O–H groups in total. The highest BCUT2D eigenvalue weighted by Gasteiger charge is 2.29. The third kappa shape index (κ3) is 9.97. The number of hydrogen-bond acceptors (Lipinski definition) is 7. The molecule has 0 fully saturated rings. The van der Waals surface area contributed by atoms with Crippen molar-refractivity contribution in [3.05, 3.63) is 108 Å². The molecule has 0 aliphatic heterocycles. The Hall–Kier alpha value is -4.58. The highest BCUT2D eigenvalue weighted by Crippen LogP contribution is 2.32. The molecule has 238 valence electrons. The molecule has 4 rings (SSSR count). The normalized spacial score (nSPS) is 13.1. The minimum absolute atomic E-state index is 0.134. The van der Waals surface area contributed by atoms with Crippen LogP contribution in [0, 0.1) is 11.6 Å². The molecule has 0 saturated heterocycles. The van der Waals surface area contributed by atoms with Crippen LogP contribution in [-0.2, 0) is 25.9 Å². The van der Waals surface area contributed by atoms with E-state index in [1.165, 1.54) is 42.5 Å². The minimum Gasteiger partial charge on any atom is -0.484 e. The first-order valence-corrected chi connectivity index (χ1v) is 16.2. The van der Waals surface area contributed by atoms with Crippen molar-refractivity contribution >= 4 is 21.7 Å². The van der Waals surface area contributed by atoms with Gasteiger partial charge in [-0.1, -0.05) is 24.3 Å². The first kappa shape index (κ1) is 33.3. The van der Waals surface area contributed by atoms with Crippen molar-refractivity contribution in [2.75, 3.05) is 12.0 Å². The second kappa shape index (κ2) is 14.0. The summed E-state index contributed by atoms with van der Waals surface area (Å²) in [5.41, 5.74) is 0.818. The lowest BCUT2D eigenvalue weighted by Crippen LogP contribution is -2.45. The molecular formula is C33H35F2N3O6S. The fourth-order valence-electron chi connectivity index (χ4n) is 4.49. The Bertz CT molecular complexity index is 1720. The van der Waals surface area contributed by atoms with Gasteiger partial charge in [0, 0.05) is 24.2 Å². The quantitative estimate of drug-likeness (QED) is 0.203. The molecule has 1 aromatic heterocycles. The van der Waals surface area contributed by atoms with Crippen molar-refractivity contribution in [2.24, 2.45) is 0 Å². The standard InChI is InChI=1S/C33H35F2N3O6S/c1-33(2,3)44-32(40)29(15-18-45(4,41)42)37-31(39)27-14-13-26(19-28(27)22-5-9-24(34)10-6-22)43-30(20-38-17-16-36-21-38)23-7-11-25(35)12-8-23/h5-14,16-17,19,21,29-30H,15,18,20H2,1-4H3,(H,37,39)/t29-,30?/m0/s1. The topological polar surface area (TPSA) is 117 Å². The Kier molecular flexibility index (Phi) is 10.4. The van der Waals surface area contributed by atoms with Crippen LogP contribution in [0.2, 0.25) is 0 Å². The van der Waals surface area contributed by atoms with Gasteiger partial charge in [0.15, 0.2) is 0 Å². The molecule has 45 heavy (non-hydrogen) atoms. The molecular weight excluding hydrogens is 604 g/mol. The Balaban J connectivity index is 1.69. The molecule has 1 unspecified atom stereocenters. The predicted octanol–water partition coefficient (Wildman–Crippen LogP) is 5.52. The van der Waals surface area contributed by atoms with Crippen molar-refractivity contribution in [3.63, 3.8) is 0 Å². The Morgan fingerprint density at radius 1 is 0.978 bits per heavy atom. The number of carbonyl (C=O) groups excluding carboxylic acids is 2. The van der Waals surface area contributed by atoms with Crippen LogP contribution in [0.1, 0.15) is 49.2 Å². The zero-order chi connectivity index (χ0) is 32.8. The van der Waals surface area contributed by atoms with Gasteiger partial charge in [0.05, 0.1) is 18.6 Å². The lowest BCUT2D eigenvalue weighted by atomic mass is 9.98. The second-order valence-corrected chi connectivity index (χ2v) is 13.9. The van der Waals surface area contributed by atoms with Crippen LogP contribution >= 0.6 is 0 Å². The largest absolute Gasteiger partial charge is 0.484 e. The van der Waals surface area contributed by atoms with E-state index in [2.05, 4.69) is 10.3 Å². The van der Waals surface area contributed by atoms with Crippen LogP contribution in [0.4, 0.5) is 8.78 Å². The molecule has 0 saturated carbocycles. The van der Waals surface area contributed by atoms with E-state index in [9.17, 15) is 26.8 Å². The molecule has 0 bridgehead atoms. The highest BCUT2D eigenvalue weighted by atomic mass is 32.2. The minimum atomic E-state index is -3.45. The van der Waals surface area contributed by atoms with Crippen LogP contribution in [0.25, 0.3) is 11.1 Å². The van der Waals surface area contributed by atoms with Crippen LogP contribution in [0.3, 0.4) is 0 Å². The first-order valence-electron chi connectivity index (χ1n) is 14.2.